The van der Waals surface area contributed by atoms with E-state index in [0.717, 1.165) is 19.3 Å². The third-order valence-corrected chi connectivity index (χ3v) is 3.42. The second-order valence-electron chi connectivity index (χ2n) is 4.60. The van der Waals surface area contributed by atoms with E-state index in [2.05, 4.69) is 5.32 Å². The van der Waals surface area contributed by atoms with E-state index in [1.807, 2.05) is 0 Å². The van der Waals surface area contributed by atoms with Crippen LogP contribution in [0.1, 0.15) is 39.0 Å². The SMILES string of the molecule is CCC(NC(=O)CC1(CN)CCC1)C(=O)O. The largest absolute Gasteiger partial charge is 0.480 e. The lowest BCUT2D eigenvalue weighted by molar-refractivity contribution is -0.142. The van der Waals surface area contributed by atoms with Gasteiger partial charge in [0.1, 0.15) is 6.04 Å². The minimum Gasteiger partial charge on any atom is -0.480 e. The lowest BCUT2D eigenvalue weighted by atomic mass is 9.66. The molecule has 0 aliphatic heterocycles. The topological polar surface area (TPSA) is 92.4 Å². The van der Waals surface area contributed by atoms with Crippen LogP contribution in [0.25, 0.3) is 0 Å². The summed E-state index contributed by atoms with van der Waals surface area (Å²) in [5, 5.41) is 11.3. The van der Waals surface area contributed by atoms with Crippen molar-refractivity contribution in [2.24, 2.45) is 11.1 Å². The van der Waals surface area contributed by atoms with Crippen molar-refractivity contribution in [3.63, 3.8) is 0 Å². The van der Waals surface area contributed by atoms with E-state index < -0.39 is 12.0 Å². The molecular weight excluding hydrogens is 208 g/mol. The third-order valence-electron chi connectivity index (χ3n) is 3.42. The van der Waals surface area contributed by atoms with Crippen molar-refractivity contribution in [1.29, 1.82) is 0 Å². The molecule has 16 heavy (non-hydrogen) atoms. The first kappa shape index (κ1) is 13.0. The Bertz CT molecular complexity index is 269. The fourth-order valence-electron chi connectivity index (χ4n) is 2.05. The fourth-order valence-corrected chi connectivity index (χ4v) is 2.05. The molecule has 0 radical (unpaired) electrons. The van der Waals surface area contributed by atoms with E-state index in [1.165, 1.54) is 0 Å². The van der Waals surface area contributed by atoms with Gasteiger partial charge in [-0.1, -0.05) is 13.3 Å². The number of carbonyl (C=O) groups excluding carboxylic acids is 1. The van der Waals surface area contributed by atoms with Gasteiger partial charge in [-0.25, -0.2) is 4.79 Å². The molecule has 0 aromatic rings. The second kappa shape index (κ2) is 5.30. The van der Waals surface area contributed by atoms with Gasteiger partial charge in [0.25, 0.3) is 0 Å². The number of nitrogens with one attached hydrogen (secondary N) is 1. The molecule has 92 valence electrons. The molecule has 1 amide bonds. The number of carboxylic acid groups (broad SMARTS) is 1. The summed E-state index contributed by atoms with van der Waals surface area (Å²) in [7, 11) is 0. The maximum atomic E-state index is 11.7. The summed E-state index contributed by atoms with van der Waals surface area (Å²) in [6.45, 7) is 2.24. The normalized spacial score (nSPS) is 19.6. The number of hydrogen-bond acceptors (Lipinski definition) is 3. The van der Waals surface area contributed by atoms with E-state index in [-0.39, 0.29) is 11.3 Å². The Morgan fingerprint density at radius 2 is 2.12 bits per heavy atom. The van der Waals surface area contributed by atoms with Crippen LogP contribution in [-0.4, -0.2) is 29.6 Å². The number of amides is 1. The highest BCUT2D eigenvalue weighted by molar-refractivity contribution is 5.83. The van der Waals surface area contributed by atoms with E-state index in [1.54, 1.807) is 6.92 Å². The maximum absolute atomic E-state index is 11.7. The van der Waals surface area contributed by atoms with Gasteiger partial charge in [0, 0.05) is 6.42 Å². The predicted octanol–water partition coefficient (Wildman–Crippen LogP) is 0.485. The molecule has 1 saturated carbocycles. The number of rotatable bonds is 6. The minimum atomic E-state index is -0.980. The molecule has 0 aromatic carbocycles. The Labute approximate surface area is 95.4 Å². The Morgan fingerprint density at radius 3 is 2.44 bits per heavy atom. The zero-order chi connectivity index (χ0) is 12.2. The standard InChI is InChI=1S/C11H20N2O3/c1-2-8(10(15)16)13-9(14)6-11(7-12)4-3-5-11/h8H,2-7,12H2,1H3,(H,13,14)(H,15,16). The summed E-state index contributed by atoms with van der Waals surface area (Å²) in [4.78, 5) is 22.4. The van der Waals surface area contributed by atoms with Gasteiger partial charge in [-0.05, 0) is 31.2 Å². The van der Waals surface area contributed by atoms with Crippen LogP contribution in [0.5, 0.6) is 0 Å². The van der Waals surface area contributed by atoms with Crippen LogP contribution in [-0.2, 0) is 9.59 Å². The molecule has 5 nitrogen and oxygen atoms in total. The van der Waals surface area contributed by atoms with Crippen molar-refractivity contribution >= 4 is 11.9 Å². The van der Waals surface area contributed by atoms with Crippen molar-refractivity contribution in [2.75, 3.05) is 6.54 Å². The van der Waals surface area contributed by atoms with Crippen LogP contribution in [0.2, 0.25) is 0 Å². The summed E-state index contributed by atoms with van der Waals surface area (Å²) in [5.41, 5.74) is 5.58. The van der Waals surface area contributed by atoms with Gasteiger partial charge >= 0.3 is 5.97 Å². The van der Waals surface area contributed by atoms with Crippen LogP contribution in [0.3, 0.4) is 0 Å². The van der Waals surface area contributed by atoms with Gasteiger partial charge in [0.15, 0.2) is 0 Å². The Kier molecular flexibility index (Phi) is 4.29. The summed E-state index contributed by atoms with van der Waals surface area (Å²) in [5.74, 6) is -1.18. The van der Waals surface area contributed by atoms with Crippen LogP contribution in [0, 0.1) is 5.41 Å². The average molecular weight is 228 g/mol. The number of carbonyl (C=O) groups is 2. The summed E-state index contributed by atoms with van der Waals surface area (Å²) < 4.78 is 0. The molecule has 4 N–H and O–H groups in total. The molecule has 0 aromatic heterocycles. The van der Waals surface area contributed by atoms with Crippen molar-refractivity contribution in [3.8, 4) is 0 Å². The zero-order valence-electron chi connectivity index (χ0n) is 9.66. The van der Waals surface area contributed by atoms with Crippen molar-refractivity contribution in [1.82, 2.24) is 5.32 Å². The second-order valence-corrected chi connectivity index (χ2v) is 4.60. The van der Waals surface area contributed by atoms with Gasteiger partial charge in [-0.2, -0.15) is 0 Å². The molecule has 1 aliphatic rings. The van der Waals surface area contributed by atoms with Gasteiger partial charge < -0.3 is 16.2 Å². The highest BCUT2D eigenvalue weighted by Crippen LogP contribution is 2.42. The fraction of sp³-hybridized carbons (Fsp3) is 0.818. The van der Waals surface area contributed by atoms with Crippen molar-refractivity contribution < 1.29 is 14.7 Å². The molecule has 1 atom stereocenters. The first-order valence-corrected chi connectivity index (χ1v) is 5.75. The minimum absolute atomic E-state index is 0.0686. The average Bonchev–Trinajstić information content (AvgIpc) is 2.19. The number of aliphatic carboxylic acids is 1. The molecule has 0 heterocycles. The lowest BCUT2D eigenvalue weighted by Crippen LogP contribution is -2.46. The number of carboxylic acids is 1. The van der Waals surface area contributed by atoms with Crippen LogP contribution in [0.4, 0.5) is 0 Å². The smallest absolute Gasteiger partial charge is 0.326 e. The van der Waals surface area contributed by atoms with Crippen molar-refractivity contribution in [3.05, 3.63) is 0 Å². The van der Waals surface area contributed by atoms with Gasteiger partial charge in [-0.15, -0.1) is 0 Å². The zero-order valence-corrected chi connectivity index (χ0v) is 9.66. The molecular formula is C11H20N2O3. The Hall–Kier alpha value is -1.10. The monoisotopic (exact) mass is 228 g/mol. The first-order valence-electron chi connectivity index (χ1n) is 5.75. The Morgan fingerprint density at radius 1 is 1.50 bits per heavy atom. The van der Waals surface area contributed by atoms with Crippen LogP contribution in [0.15, 0.2) is 0 Å². The highest BCUT2D eigenvalue weighted by atomic mass is 16.4. The van der Waals surface area contributed by atoms with Gasteiger partial charge in [0.2, 0.25) is 5.91 Å². The first-order chi connectivity index (χ1) is 7.53. The maximum Gasteiger partial charge on any atom is 0.326 e. The molecule has 0 saturated heterocycles. The van der Waals surface area contributed by atoms with E-state index in [4.69, 9.17) is 10.8 Å². The molecule has 5 heteroatoms. The van der Waals surface area contributed by atoms with Crippen molar-refractivity contribution in [2.45, 2.75) is 45.1 Å². The molecule has 1 rings (SSSR count). The van der Waals surface area contributed by atoms with E-state index in [0.29, 0.717) is 19.4 Å². The van der Waals surface area contributed by atoms with E-state index in [9.17, 15) is 9.59 Å². The molecule has 0 spiro atoms. The number of nitrogens with two attached hydrogens (primary N) is 1. The van der Waals surface area contributed by atoms with Gasteiger partial charge in [-0.3, -0.25) is 4.79 Å². The number of hydrogen-bond donors (Lipinski definition) is 3. The molecule has 1 unspecified atom stereocenters. The Balaban J connectivity index is 2.43. The third kappa shape index (κ3) is 2.95. The molecule has 0 bridgehead atoms. The van der Waals surface area contributed by atoms with Crippen LogP contribution < -0.4 is 11.1 Å². The summed E-state index contributed by atoms with van der Waals surface area (Å²) in [6, 6.07) is -0.776. The quantitative estimate of drug-likeness (QED) is 0.616. The summed E-state index contributed by atoms with van der Waals surface area (Å²) in [6.07, 6.45) is 3.81. The highest BCUT2D eigenvalue weighted by Gasteiger charge is 2.38. The van der Waals surface area contributed by atoms with Crippen LogP contribution >= 0.6 is 0 Å². The molecule has 1 fully saturated rings. The summed E-state index contributed by atoms with van der Waals surface area (Å²) >= 11 is 0. The molecule has 1 aliphatic carbocycles. The van der Waals surface area contributed by atoms with Gasteiger partial charge in [0.05, 0.1) is 0 Å². The predicted molar refractivity (Wildman–Crippen MR) is 59.8 cm³/mol. The lowest BCUT2D eigenvalue weighted by Gasteiger charge is -2.40. The van der Waals surface area contributed by atoms with E-state index >= 15 is 0 Å².